The molecule has 0 atom stereocenters. The summed E-state index contributed by atoms with van der Waals surface area (Å²) in [5.74, 6) is 0. The van der Waals surface area contributed by atoms with Crippen molar-refractivity contribution in [2.75, 3.05) is 0 Å². The molecule has 1 aromatic heterocycles. The summed E-state index contributed by atoms with van der Waals surface area (Å²) in [5.41, 5.74) is 5.08. The second-order valence-corrected chi connectivity index (χ2v) is 4.13. The zero-order valence-corrected chi connectivity index (χ0v) is 8.38. The van der Waals surface area contributed by atoms with Crippen LogP contribution in [0.1, 0.15) is 5.56 Å². The predicted octanol–water partition coefficient (Wildman–Crippen LogP) is 2.19. The smallest absolute Gasteiger partial charge is 0.330 e. The van der Waals surface area contributed by atoms with Gasteiger partial charge in [0.1, 0.15) is 0 Å². The van der Waals surface area contributed by atoms with E-state index in [1.165, 1.54) is 22.2 Å². The second kappa shape index (κ2) is 3.26. The lowest BCUT2D eigenvalue weighted by Gasteiger charge is -2.01. The minimum absolute atomic E-state index is 0.716. The largest absolute Gasteiger partial charge is 0.430 e. The molecule has 0 saturated carbocycles. The van der Waals surface area contributed by atoms with Gasteiger partial charge in [-0.15, -0.1) is 0 Å². The molecule has 0 spiro atoms. The number of hydrogen-bond donors (Lipinski definition) is 0. The standard InChI is InChI=1S/C11H8BOS/c1-2-11-10(6-13-12-11)5-8(1)9-3-4-14-7-9/h1-5,7H,6H2. The van der Waals surface area contributed by atoms with Crippen molar-refractivity contribution in [3.8, 4) is 11.1 Å². The maximum absolute atomic E-state index is 5.26. The molecule has 0 fully saturated rings. The van der Waals surface area contributed by atoms with Crippen molar-refractivity contribution >= 4 is 24.3 Å². The predicted molar refractivity (Wildman–Crippen MR) is 59.9 cm³/mol. The van der Waals surface area contributed by atoms with E-state index in [4.69, 9.17) is 4.65 Å². The third kappa shape index (κ3) is 1.29. The van der Waals surface area contributed by atoms with E-state index in [9.17, 15) is 0 Å². The van der Waals surface area contributed by atoms with Gasteiger partial charge in [-0.3, -0.25) is 0 Å². The molecule has 0 unspecified atom stereocenters. The molecular formula is C11H8BOS. The summed E-state index contributed by atoms with van der Waals surface area (Å²) in [6, 6.07) is 8.62. The topological polar surface area (TPSA) is 9.23 Å². The third-order valence-corrected chi connectivity index (χ3v) is 3.13. The summed E-state index contributed by atoms with van der Waals surface area (Å²) >= 11 is 1.73. The molecule has 2 heterocycles. The minimum Gasteiger partial charge on any atom is -0.430 e. The van der Waals surface area contributed by atoms with E-state index >= 15 is 0 Å². The molecule has 0 N–H and O–H groups in total. The SMILES string of the molecule is [B]1OCc2cc(-c3ccsc3)ccc21. The van der Waals surface area contributed by atoms with Gasteiger partial charge in [0, 0.05) is 0 Å². The Balaban J connectivity index is 2.09. The van der Waals surface area contributed by atoms with Gasteiger partial charge >= 0.3 is 7.48 Å². The lowest BCUT2D eigenvalue weighted by molar-refractivity contribution is 0.345. The Bertz CT molecular complexity index is 450. The number of thiophene rings is 1. The van der Waals surface area contributed by atoms with E-state index < -0.39 is 0 Å². The average Bonchev–Trinajstić information content (AvgIpc) is 2.88. The summed E-state index contributed by atoms with van der Waals surface area (Å²) in [6.07, 6.45) is 0. The Morgan fingerprint density at radius 2 is 2.21 bits per heavy atom. The van der Waals surface area contributed by atoms with Crippen molar-refractivity contribution in [3.05, 3.63) is 40.6 Å². The van der Waals surface area contributed by atoms with Gasteiger partial charge in [-0.25, -0.2) is 0 Å². The fourth-order valence-corrected chi connectivity index (χ4v) is 2.34. The van der Waals surface area contributed by atoms with Crippen molar-refractivity contribution in [1.29, 1.82) is 0 Å². The van der Waals surface area contributed by atoms with Crippen LogP contribution >= 0.6 is 11.3 Å². The van der Waals surface area contributed by atoms with Crippen LogP contribution in [0.5, 0.6) is 0 Å². The highest BCUT2D eigenvalue weighted by Crippen LogP contribution is 2.23. The van der Waals surface area contributed by atoms with Gasteiger partial charge in [0.2, 0.25) is 0 Å². The molecule has 1 aliphatic heterocycles. The van der Waals surface area contributed by atoms with Crippen LogP contribution in [0.3, 0.4) is 0 Å². The monoisotopic (exact) mass is 199 g/mol. The van der Waals surface area contributed by atoms with Crippen molar-refractivity contribution in [2.24, 2.45) is 0 Å². The quantitative estimate of drug-likeness (QED) is 0.639. The van der Waals surface area contributed by atoms with Crippen LogP contribution in [0.2, 0.25) is 0 Å². The Morgan fingerprint density at radius 1 is 1.21 bits per heavy atom. The van der Waals surface area contributed by atoms with Crippen LogP contribution in [0, 0.1) is 0 Å². The van der Waals surface area contributed by atoms with Crippen LogP contribution in [-0.2, 0) is 11.3 Å². The fraction of sp³-hybridized carbons (Fsp3) is 0.0909. The van der Waals surface area contributed by atoms with Crippen LogP contribution in [0.4, 0.5) is 0 Å². The molecule has 1 aromatic carbocycles. The Kier molecular flexibility index (Phi) is 1.93. The third-order valence-electron chi connectivity index (χ3n) is 2.45. The molecule has 1 aliphatic rings. The molecule has 1 radical (unpaired) electrons. The van der Waals surface area contributed by atoms with Crippen LogP contribution in [-0.4, -0.2) is 7.48 Å². The van der Waals surface area contributed by atoms with Crippen LogP contribution in [0.25, 0.3) is 11.1 Å². The van der Waals surface area contributed by atoms with Crippen molar-refractivity contribution < 1.29 is 4.65 Å². The number of fused-ring (bicyclic) bond motifs is 1. The first-order chi connectivity index (χ1) is 6.93. The Morgan fingerprint density at radius 3 is 3.07 bits per heavy atom. The molecule has 2 aromatic rings. The molecule has 14 heavy (non-hydrogen) atoms. The van der Waals surface area contributed by atoms with E-state index in [0.29, 0.717) is 6.61 Å². The highest BCUT2D eigenvalue weighted by atomic mass is 32.1. The van der Waals surface area contributed by atoms with Crippen molar-refractivity contribution in [2.45, 2.75) is 6.61 Å². The van der Waals surface area contributed by atoms with Gasteiger partial charge in [-0.05, 0) is 45.0 Å². The first-order valence-electron chi connectivity index (χ1n) is 4.54. The van der Waals surface area contributed by atoms with E-state index in [1.807, 2.05) is 7.48 Å². The summed E-state index contributed by atoms with van der Waals surface area (Å²) < 4.78 is 5.26. The van der Waals surface area contributed by atoms with Gasteiger partial charge in [0.25, 0.3) is 0 Å². The highest BCUT2D eigenvalue weighted by molar-refractivity contribution is 7.08. The molecule has 3 heteroatoms. The summed E-state index contributed by atoms with van der Waals surface area (Å²) in [7, 11) is 1.83. The number of benzene rings is 1. The molecule has 0 saturated heterocycles. The molecule has 0 bridgehead atoms. The van der Waals surface area contributed by atoms with E-state index in [1.54, 1.807) is 11.3 Å². The van der Waals surface area contributed by atoms with Crippen molar-refractivity contribution in [1.82, 2.24) is 0 Å². The highest BCUT2D eigenvalue weighted by Gasteiger charge is 2.13. The van der Waals surface area contributed by atoms with E-state index in [0.717, 1.165) is 0 Å². The molecule has 0 amide bonds. The Labute approximate surface area is 87.6 Å². The molecule has 67 valence electrons. The van der Waals surface area contributed by atoms with Crippen LogP contribution < -0.4 is 5.46 Å². The Hall–Kier alpha value is -1.06. The van der Waals surface area contributed by atoms with Gasteiger partial charge < -0.3 is 4.65 Å². The first-order valence-corrected chi connectivity index (χ1v) is 5.48. The van der Waals surface area contributed by atoms with Gasteiger partial charge in [0.05, 0.1) is 6.61 Å². The summed E-state index contributed by atoms with van der Waals surface area (Å²) in [5, 5.41) is 4.27. The van der Waals surface area contributed by atoms with Crippen LogP contribution in [0.15, 0.2) is 35.0 Å². The summed E-state index contributed by atoms with van der Waals surface area (Å²) in [4.78, 5) is 0. The first kappa shape index (κ1) is 8.27. The fourth-order valence-electron chi connectivity index (χ4n) is 1.68. The molecular weight excluding hydrogens is 191 g/mol. The number of rotatable bonds is 1. The molecule has 1 nitrogen and oxygen atoms in total. The lowest BCUT2D eigenvalue weighted by Crippen LogP contribution is -2.10. The zero-order chi connectivity index (χ0) is 9.38. The van der Waals surface area contributed by atoms with E-state index in [2.05, 4.69) is 35.0 Å². The van der Waals surface area contributed by atoms with E-state index in [-0.39, 0.29) is 0 Å². The minimum atomic E-state index is 0.716. The molecule has 0 aliphatic carbocycles. The lowest BCUT2D eigenvalue weighted by atomic mass is 9.86. The zero-order valence-electron chi connectivity index (χ0n) is 7.57. The maximum Gasteiger partial charge on any atom is 0.330 e. The number of hydrogen-bond acceptors (Lipinski definition) is 2. The van der Waals surface area contributed by atoms with Gasteiger partial charge in [0.15, 0.2) is 0 Å². The normalized spacial score (nSPS) is 13.7. The molecule has 3 rings (SSSR count). The van der Waals surface area contributed by atoms with Crippen molar-refractivity contribution in [3.63, 3.8) is 0 Å². The second-order valence-electron chi connectivity index (χ2n) is 3.35. The average molecular weight is 199 g/mol. The maximum atomic E-state index is 5.26. The van der Waals surface area contributed by atoms with Gasteiger partial charge in [-0.1, -0.05) is 12.1 Å². The summed E-state index contributed by atoms with van der Waals surface area (Å²) in [6.45, 7) is 0.716. The van der Waals surface area contributed by atoms with Gasteiger partial charge in [-0.2, -0.15) is 11.3 Å².